The van der Waals surface area contributed by atoms with Crippen LogP contribution < -0.4 is 5.32 Å². The maximum Gasteiger partial charge on any atom is 0.416 e. The molecule has 11 heteroatoms. The zero-order valence-electron chi connectivity index (χ0n) is 18.9. The van der Waals surface area contributed by atoms with Gasteiger partial charge in [0, 0.05) is 36.6 Å². The molecular formula is C23H26F3N5O2S. The number of carbonyl (C=O) groups is 1. The Hall–Kier alpha value is -2.76. The van der Waals surface area contributed by atoms with Gasteiger partial charge in [0.1, 0.15) is 0 Å². The highest BCUT2D eigenvalue weighted by Gasteiger charge is 2.32. The average molecular weight is 494 g/mol. The second-order valence-electron chi connectivity index (χ2n) is 8.26. The van der Waals surface area contributed by atoms with Gasteiger partial charge in [0.25, 0.3) is 0 Å². The van der Waals surface area contributed by atoms with Gasteiger partial charge in [-0.05, 0) is 37.4 Å². The first-order valence-electron chi connectivity index (χ1n) is 11.0. The fourth-order valence-electron chi connectivity index (χ4n) is 3.93. The number of hydrogen-bond acceptors (Lipinski definition) is 7. The second kappa shape index (κ2) is 10.2. The molecule has 0 radical (unpaired) electrons. The van der Waals surface area contributed by atoms with Gasteiger partial charge in [-0.2, -0.15) is 18.2 Å². The third kappa shape index (κ3) is 5.65. The summed E-state index contributed by atoms with van der Waals surface area (Å²) in [6, 6.07) is 8.39. The second-order valence-corrected chi connectivity index (χ2v) is 9.29. The molecule has 0 aliphatic carbocycles. The van der Waals surface area contributed by atoms with Gasteiger partial charge in [-0.15, -0.1) is 11.3 Å². The fraction of sp³-hybridized carbons (Fsp3) is 0.435. The van der Waals surface area contributed by atoms with Crippen LogP contribution in [0.3, 0.4) is 0 Å². The number of halogens is 3. The topological polar surface area (TPSA) is 74.5 Å². The third-order valence-electron chi connectivity index (χ3n) is 6.09. The molecule has 4 rings (SSSR count). The number of rotatable bonds is 7. The number of carbonyl (C=O) groups excluding carboxylic acids is 1. The molecule has 7 nitrogen and oxygen atoms in total. The van der Waals surface area contributed by atoms with Gasteiger partial charge in [0.15, 0.2) is 0 Å². The molecule has 34 heavy (non-hydrogen) atoms. The van der Waals surface area contributed by atoms with Crippen molar-refractivity contribution in [3.05, 3.63) is 58.1 Å². The van der Waals surface area contributed by atoms with E-state index in [0.717, 1.165) is 17.0 Å². The number of thiophene rings is 1. The van der Waals surface area contributed by atoms with Crippen molar-refractivity contribution in [2.45, 2.75) is 38.7 Å². The molecule has 3 heterocycles. The monoisotopic (exact) mass is 493 g/mol. The Labute approximate surface area is 199 Å². The highest BCUT2D eigenvalue weighted by Crippen LogP contribution is 2.32. The minimum absolute atomic E-state index is 0.00229. The minimum Gasteiger partial charge on any atom is -0.350 e. The van der Waals surface area contributed by atoms with E-state index in [4.69, 9.17) is 4.52 Å². The molecule has 2 unspecified atom stereocenters. The van der Waals surface area contributed by atoms with Gasteiger partial charge in [-0.1, -0.05) is 23.4 Å². The van der Waals surface area contributed by atoms with Crippen molar-refractivity contribution in [3.8, 4) is 11.4 Å². The number of alkyl halides is 3. The Morgan fingerprint density at radius 1 is 1.15 bits per heavy atom. The molecular weight excluding hydrogens is 467 g/mol. The van der Waals surface area contributed by atoms with Gasteiger partial charge in [0.2, 0.25) is 17.6 Å². The largest absolute Gasteiger partial charge is 0.416 e. The summed E-state index contributed by atoms with van der Waals surface area (Å²) < 4.78 is 44.4. The molecule has 2 aromatic heterocycles. The number of nitrogens with zero attached hydrogens (tertiary/aromatic N) is 4. The molecule has 1 fully saturated rings. The van der Waals surface area contributed by atoms with Gasteiger partial charge in [-0.25, -0.2) is 0 Å². The molecule has 0 bridgehead atoms. The fourth-order valence-corrected chi connectivity index (χ4v) is 4.57. The van der Waals surface area contributed by atoms with Crippen molar-refractivity contribution in [3.63, 3.8) is 0 Å². The normalized spacial score (nSPS) is 17.4. The lowest BCUT2D eigenvalue weighted by molar-refractivity contribution is -0.137. The summed E-state index contributed by atoms with van der Waals surface area (Å²) in [4.78, 5) is 22.3. The lowest BCUT2D eigenvalue weighted by atomic mass is 10.1. The smallest absolute Gasteiger partial charge is 0.350 e. The molecule has 3 aromatic rings. The van der Waals surface area contributed by atoms with Crippen LogP contribution in [-0.2, 0) is 17.5 Å². The number of benzene rings is 1. The van der Waals surface area contributed by atoms with Crippen LogP contribution in [0.1, 0.15) is 36.2 Å². The van der Waals surface area contributed by atoms with Crippen LogP contribution in [0.25, 0.3) is 11.4 Å². The van der Waals surface area contributed by atoms with Gasteiger partial charge < -0.3 is 9.84 Å². The highest BCUT2D eigenvalue weighted by molar-refractivity contribution is 7.09. The summed E-state index contributed by atoms with van der Waals surface area (Å²) >= 11 is 1.61. The summed E-state index contributed by atoms with van der Waals surface area (Å²) in [6.07, 6.45) is -4.44. The van der Waals surface area contributed by atoms with Crippen molar-refractivity contribution >= 4 is 17.2 Å². The number of aromatic nitrogens is 2. The molecule has 1 aliphatic heterocycles. The maximum absolute atomic E-state index is 13.0. The van der Waals surface area contributed by atoms with Crippen LogP contribution in [0.15, 0.2) is 46.3 Å². The first kappa shape index (κ1) is 24.4. The summed E-state index contributed by atoms with van der Waals surface area (Å²) in [5, 5.41) is 8.86. The average Bonchev–Trinajstić information content (AvgIpc) is 3.54. The molecule has 1 N–H and O–H groups in total. The maximum atomic E-state index is 13.0. The van der Waals surface area contributed by atoms with Crippen molar-refractivity contribution in [1.82, 2.24) is 25.3 Å². The van der Waals surface area contributed by atoms with Crippen LogP contribution in [0.5, 0.6) is 0 Å². The molecule has 0 spiro atoms. The number of piperazine rings is 1. The SMILES string of the molecule is CC(C(=O)NCc1cccs1)N1CCN(C(C)c2nc(-c3cccc(C(F)(F)F)c3)no2)CC1. The number of hydrogen-bond donors (Lipinski definition) is 1. The quantitative estimate of drug-likeness (QED) is 0.532. The van der Waals surface area contributed by atoms with Gasteiger partial charge in [-0.3, -0.25) is 14.6 Å². The Bertz CT molecular complexity index is 1090. The lowest BCUT2D eigenvalue weighted by Gasteiger charge is -2.39. The first-order chi connectivity index (χ1) is 16.2. The predicted octanol–water partition coefficient (Wildman–Crippen LogP) is 4.20. The Morgan fingerprint density at radius 2 is 1.88 bits per heavy atom. The van der Waals surface area contributed by atoms with E-state index in [2.05, 4.69) is 25.3 Å². The molecule has 1 aromatic carbocycles. The van der Waals surface area contributed by atoms with Gasteiger partial charge in [0.05, 0.1) is 24.2 Å². The minimum atomic E-state index is -4.44. The van der Waals surface area contributed by atoms with E-state index in [0.29, 0.717) is 38.6 Å². The van der Waals surface area contributed by atoms with Crippen molar-refractivity contribution in [1.29, 1.82) is 0 Å². The standard InChI is InChI=1S/C23H26F3N5O2S/c1-15(21(32)27-14-19-7-4-12-34-19)30-8-10-31(11-9-30)16(2)22-28-20(29-33-22)17-5-3-6-18(13-17)23(24,25)26/h3-7,12-13,15-16H,8-11,14H2,1-2H3,(H,27,32). The summed E-state index contributed by atoms with van der Waals surface area (Å²) in [6.45, 7) is 7.16. The summed E-state index contributed by atoms with van der Waals surface area (Å²) in [5.41, 5.74) is -0.502. The van der Waals surface area contributed by atoms with Gasteiger partial charge >= 0.3 is 6.18 Å². The molecule has 2 atom stereocenters. The first-order valence-corrected chi connectivity index (χ1v) is 11.9. The molecule has 0 saturated carbocycles. The molecule has 1 aliphatic rings. The Morgan fingerprint density at radius 3 is 2.56 bits per heavy atom. The lowest BCUT2D eigenvalue weighted by Crippen LogP contribution is -2.54. The van der Waals surface area contributed by atoms with E-state index < -0.39 is 11.7 Å². The highest BCUT2D eigenvalue weighted by atomic mass is 32.1. The van der Waals surface area contributed by atoms with E-state index in [1.807, 2.05) is 31.4 Å². The third-order valence-corrected chi connectivity index (χ3v) is 6.96. The van der Waals surface area contributed by atoms with Crippen molar-refractivity contribution < 1.29 is 22.5 Å². The Kier molecular flexibility index (Phi) is 7.34. The predicted molar refractivity (Wildman–Crippen MR) is 122 cm³/mol. The van der Waals surface area contributed by atoms with Crippen LogP contribution >= 0.6 is 11.3 Å². The number of amides is 1. The zero-order valence-corrected chi connectivity index (χ0v) is 19.7. The van der Waals surface area contributed by atoms with Crippen molar-refractivity contribution in [2.24, 2.45) is 0 Å². The van der Waals surface area contributed by atoms with E-state index in [9.17, 15) is 18.0 Å². The Balaban J connectivity index is 1.32. The van der Waals surface area contributed by atoms with Crippen LogP contribution in [-0.4, -0.2) is 58.1 Å². The summed E-state index contributed by atoms with van der Waals surface area (Å²) in [5.74, 6) is 0.475. The molecule has 1 saturated heterocycles. The van der Waals surface area contributed by atoms with Crippen LogP contribution in [0.4, 0.5) is 13.2 Å². The zero-order chi connectivity index (χ0) is 24.3. The van der Waals surface area contributed by atoms with Crippen molar-refractivity contribution in [2.75, 3.05) is 26.2 Å². The molecule has 1 amide bonds. The van der Waals surface area contributed by atoms with E-state index in [-0.39, 0.29) is 29.4 Å². The van der Waals surface area contributed by atoms with E-state index in [1.54, 1.807) is 11.3 Å². The van der Waals surface area contributed by atoms with E-state index >= 15 is 0 Å². The molecule has 182 valence electrons. The summed E-state index contributed by atoms with van der Waals surface area (Å²) in [7, 11) is 0. The van der Waals surface area contributed by atoms with E-state index in [1.165, 1.54) is 12.1 Å². The van der Waals surface area contributed by atoms with Crippen LogP contribution in [0, 0.1) is 0 Å². The van der Waals surface area contributed by atoms with Crippen LogP contribution in [0.2, 0.25) is 0 Å². The number of nitrogens with one attached hydrogen (secondary N) is 1.